The number of hydrogen-bond acceptors (Lipinski definition) is 5. The van der Waals surface area contributed by atoms with Gasteiger partial charge in [0.15, 0.2) is 5.82 Å². The number of pyridine rings is 1. The SMILES string of the molecule is COc1ccc(CNc2nc[nH]c(=O)c2Cl)cn1. The van der Waals surface area contributed by atoms with Crippen molar-refractivity contribution in [3.05, 3.63) is 45.6 Å². The minimum absolute atomic E-state index is 0.0407. The van der Waals surface area contributed by atoms with E-state index in [9.17, 15) is 4.79 Å². The maximum atomic E-state index is 11.2. The summed E-state index contributed by atoms with van der Waals surface area (Å²) in [5, 5.41) is 3.00. The van der Waals surface area contributed by atoms with Gasteiger partial charge in [0.2, 0.25) is 5.88 Å². The number of hydrogen-bond donors (Lipinski definition) is 2. The van der Waals surface area contributed by atoms with Crippen molar-refractivity contribution in [2.24, 2.45) is 0 Å². The molecule has 0 aliphatic heterocycles. The lowest BCUT2D eigenvalue weighted by atomic mass is 10.3. The molecule has 0 unspecified atom stereocenters. The molecule has 0 spiro atoms. The highest BCUT2D eigenvalue weighted by atomic mass is 35.5. The Labute approximate surface area is 108 Å². The Bertz CT molecular complexity index is 582. The lowest BCUT2D eigenvalue weighted by molar-refractivity contribution is 0.397. The van der Waals surface area contributed by atoms with Crippen LogP contribution in [0.25, 0.3) is 0 Å². The fourth-order valence-corrected chi connectivity index (χ4v) is 1.50. The van der Waals surface area contributed by atoms with Crippen LogP contribution < -0.4 is 15.6 Å². The molecule has 0 fully saturated rings. The Morgan fingerprint density at radius 3 is 2.94 bits per heavy atom. The highest BCUT2D eigenvalue weighted by Gasteiger charge is 2.05. The van der Waals surface area contributed by atoms with E-state index in [0.717, 1.165) is 5.56 Å². The first-order valence-electron chi connectivity index (χ1n) is 5.16. The highest BCUT2D eigenvalue weighted by molar-refractivity contribution is 6.32. The van der Waals surface area contributed by atoms with E-state index in [1.807, 2.05) is 6.07 Å². The number of aromatic amines is 1. The van der Waals surface area contributed by atoms with Gasteiger partial charge in [-0.2, -0.15) is 0 Å². The standard InChI is InChI=1S/C11H11ClN4O2/c1-18-8-3-2-7(4-13-8)5-14-10-9(12)11(17)16-6-15-10/h2-4,6H,5H2,1H3,(H2,14,15,16,17). The fraction of sp³-hybridized carbons (Fsp3) is 0.182. The van der Waals surface area contributed by atoms with Crippen molar-refractivity contribution in [1.82, 2.24) is 15.0 Å². The molecule has 0 radical (unpaired) electrons. The Balaban J connectivity index is 2.06. The summed E-state index contributed by atoms with van der Waals surface area (Å²) in [5.41, 5.74) is 0.552. The number of halogens is 1. The third-order valence-corrected chi connectivity index (χ3v) is 2.61. The van der Waals surface area contributed by atoms with E-state index in [4.69, 9.17) is 16.3 Å². The molecule has 0 aliphatic rings. The van der Waals surface area contributed by atoms with Crippen LogP contribution >= 0.6 is 11.6 Å². The van der Waals surface area contributed by atoms with E-state index >= 15 is 0 Å². The first kappa shape index (κ1) is 12.4. The summed E-state index contributed by atoms with van der Waals surface area (Å²) in [4.78, 5) is 21.6. The minimum atomic E-state index is -0.373. The largest absolute Gasteiger partial charge is 0.481 e. The van der Waals surface area contributed by atoms with Crippen LogP contribution in [0.2, 0.25) is 5.02 Å². The van der Waals surface area contributed by atoms with Crippen molar-refractivity contribution < 1.29 is 4.74 Å². The summed E-state index contributed by atoms with van der Waals surface area (Å²) in [6.45, 7) is 0.465. The van der Waals surface area contributed by atoms with Crippen LogP contribution in [0.5, 0.6) is 5.88 Å². The van der Waals surface area contributed by atoms with Gasteiger partial charge in [-0.3, -0.25) is 4.79 Å². The highest BCUT2D eigenvalue weighted by Crippen LogP contribution is 2.14. The van der Waals surface area contributed by atoms with Crippen LogP contribution in [-0.4, -0.2) is 22.1 Å². The molecule has 0 saturated heterocycles. The zero-order chi connectivity index (χ0) is 13.0. The number of H-pyrrole nitrogens is 1. The van der Waals surface area contributed by atoms with Crippen molar-refractivity contribution in [2.75, 3.05) is 12.4 Å². The maximum Gasteiger partial charge on any atom is 0.271 e. The summed E-state index contributed by atoms with van der Waals surface area (Å²) in [7, 11) is 1.56. The number of aromatic nitrogens is 3. The smallest absolute Gasteiger partial charge is 0.271 e. The van der Waals surface area contributed by atoms with Crippen LogP contribution in [0.15, 0.2) is 29.5 Å². The Kier molecular flexibility index (Phi) is 3.78. The third-order valence-electron chi connectivity index (χ3n) is 2.26. The normalized spacial score (nSPS) is 10.1. The van der Waals surface area contributed by atoms with Crippen LogP contribution in [0, 0.1) is 0 Å². The zero-order valence-corrected chi connectivity index (χ0v) is 10.4. The van der Waals surface area contributed by atoms with Crippen LogP contribution in [0.1, 0.15) is 5.56 Å². The number of ether oxygens (including phenoxy) is 1. The van der Waals surface area contributed by atoms with Crippen LogP contribution in [-0.2, 0) is 6.54 Å². The molecule has 0 bridgehead atoms. The van der Waals surface area contributed by atoms with Crippen molar-refractivity contribution in [3.8, 4) is 5.88 Å². The second-order valence-corrected chi connectivity index (χ2v) is 3.83. The summed E-state index contributed by atoms with van der Waals surface area (Å²) in [5.74, 6) is 0.891. The first-order chi connectivity index (χ1) is 8.70. The second-order valence-electron chi connectivity index (χ2n) is 3.46. The third kappa shape index (κ3) is 2.78. The Hall–Kier alpha value is -2.08. The number of nitrogens with zero attached hydrogens (tertiary/aromatic N) is 2. The van der Waals surface area contributed by atoms with Crippen LogP contribution in [0.3, 0.4) is 0 Å². The van der Waals surface area contributed by atoms with Gasteiger partial charge in [0, 0.05) is 18.8 Å². The molecule has 0 aliphatic carbocycles. The second kappa shape index (κ2) is 5.50. The van der Waals surface area contributed by atoms with Crippen LogP contribution in [0.4, 0.5) is 5.82 Å². The molecule has 2 aromatic rings. The topological polar surface area (TPSA) is 79.9 Å². The molecule has 0 saturated carbocycles. The van der Waals surface area contributed by atoms with E-state index in [1.54, 1.807) is 19.4 Å². The number of nitrogens with one attached hydrogen (secondary N) is 2. The Morgan fingerprint density at radius 1 is 1.44 bits per heavy atom. The van der Waals surface area contributed by atoms with Gasteiger partial charge >= 0.3 is 0 Å². The summed E-state index contributed by atoms with van der Waals surface area (Å²) >= 11 is 5.80. The van der Waals surface area contributed by atoms with Gasteiger partial charge in [-0.1, -0.05) is 17.7 Å². The quantitative estimate of drug-likeness (QED) is 0.875. The van der Waals surface area contributed by atoms with Gasteiger partial charge in [0.25, 0.3) is 5.56 Å². The van der Waals surface area contributed by atoms with E-state index in [0.29, 0.717) is 18.2 Å². The number of anilines is 1. The average molecular weight is 267 g/mol. The van der Waals surface area contributed by atoms with Gasteiger partial charge in [-0.25, -0.2) is 9.97 Å². The van der Waals surface area contributed by atoms with Gasteiger partial charge in [0.05, 0.1) is 13.4 Å². The molecule has 0 aromatic carbocycles. The minimum Gasteiger partial charge on any atom is -0.481 e. The molecule has 0 atom stereocenters. The van der Waals surface area contributed by atoms with E-state index in [1.165, 1.54) is 6.33 Å². The molecule has 6 nitrogen and oxygen atoms in total. The molecule has 2 aromatic heterocycles. The molecular weight excluding hydrogens is 256 g/mol. The van der Waals surface area contributed by atoms with Gasteiger partial charge < -0.3 is 15.0 Å². The van der Waals surface area contributed by atoms with E-state index < -0.39 is 0 Å². The first-order valence-corrected chi connectivity index (χ1v) is 5.54. The predicted molar refractivity (Wildman–Crippen MR) is 68.0 cm³/mol. The van der Waals surface area contributed by atoms with Crippen molar-refractivity contribution in [2.45, 2.75) is 6.54 Å². The summed E-state index contributed by atoms with van der Waals surface area (Å²) in [6, 6.07) is 3.61. The van der Waals surface area contributed by atoms with E-state index in [-0.39, 0.29) is 10.6 Å². The number of methoxy groups -OCH3 is 1. The number of rotatable bonds is 4. The van der Waals surface area contributed by atoms with Crippen molar-refractivity contribution >= 4 is 17.4 Å². The van der Waals surface area contributed by atoms with E-state index in [2.05, 4.69) is 20.3 Å². The predicted octanol–water partition coefficient (Wildman–Crippen LogP) is 1.44. The molecular formula is C11H11ClN4O2. The Morgan fingerprint density at radius 2 is 2.28 bits per heavy atom. The molecule has 2 N–H and O–H groups in total. The molecule has 18 heavy (non-hydrogen) atoms. The molecule has 2 rings (SSSR count). The molecule has 7 heteroatoms. The van der Waals surface area contributed by atoms with Crippen molar-refractivity contribution in [3.63, 3.8) is 0 Å². The van der Waals surface area contributed by atoms with Gasteiger partial charge in [0.1, 0.15) is 5.02 Å². The van der Waals surface area contributed by atoms with Crippen molar-refractivity contribution in [1.29, 1.82) is 0 Å². The summed E-state index contributed by atoms with van der Waals surface area (Å²) < 4.78 is 4.96. The summed E-state index contributed by atoms with van der Waals surface area (Å²) in [6.07, 6.45) is 2.97. The maximum absolute atomic E-state index is 11.2. The van der Waals surface area contributed by atoms with Gasteiger partial charge in [-0.05, 0) is 5.56 Å². The average Bonchev–Trinajstić information content (AvgIpc) is 2.41. The van der Waals surface area contributed by atoms with Gasteiger partial charge in [-0.15, -0.1) is 0 Å². The lowest BCUT2D eigenvalue weighted by Gasteiger charge is -2.06. The zero-order valence-electron chi connectivity index (χ0n) is 9.61. The fourth-order valence-electron chi connectivity index (χ4n) is 1.33. The lowest BCUT2D eigenvalue weighted by Crippen LogP contribution is -2.11. The molecule has 2 heterocycles. The monoisotopic (exact) mass is 266 g/mol. The molecule has 94 valence electrons. The molecule has 0 amide bonds.